The van der Waals surface area contributed by atoms with Gasteiger partial charge in [-0.2, -0.15) is 5.26 Å². The molecule has 1 heterocycles. The summed E-state index contributed by atoms with van der Waals surface area (Å²) in [6.45, 7) is 8.30. The van der Waals surface area contributed by atoms with Gasteiger partial charge < -0.3 is 14.6 Å². The topological polar surface area (TPSA) is 99.9 Å². The zero-order valence-corrected chi connectivity index (χ0v) is 21.9. The van der Waals surface area contributed by atoms with Crippen LogP contribution in [-0.2, 0) is 9.59 Å². The number of rotatable bonds is 8. The van der Waals surface area contributed by atoms with Crippen molar-refractivity contribution in [3.63, 3.8) is 0 Å². The van der Waals surface area contributed by atoms with Gasteiger partial charge in [0.25, 0.3) is 11.7 Å². The molecular formula is C31H30N2O5. The van der Waals surface area contributed by atoms with Gasteiger partial charge in [0.15, 0.2) is 0 Å². The summed E-state index contributed by atoms with van der Waals surface area (Å²) in [7, 11) is 0. The summed E-state index contributed by atoms with van der Waals surface area (Å²) >= 11 is 0. The van der Waals surface area contributed by atoms with Crippen molar-refractivity contribution in [3.05, 3.63) is 94.6 Å². The van der Waals surface area contributed by atoms with E-state index in [2.05, 4.69) is 6.07 Å². The first-order valence-corrected chi connectivity index (χ1v) is 12.6. The summed E-state index contributed by atoms with van der Waals surface area (Å²) in [6.07, 6.45) is 0.846. The third-order valence-corrected chi connectivity index (χ3v) is 6.20. The molecule has 7 heteroatoms. The lowest BCUT2D eigenvalue weighted by atomic mass is 9.94. The fourth-order valence-electron chi connectivity index (χ4n) is 4.44. The molecule has 1 amide bonds. The number of nitriles is 1. The lowest BCUT2D eigenvalue weighted by molar-refractivity contribution is -0.132. The highest BCUT2D eigenvalue weighted by atomic mass is 16.5. The summed E-state index contributed by atoms with van der Waals surface area (Å²) in [6, 6.07) is 19.9. The first-order valence-electron chi connectivity index (χ1n) is 12.6. The molecule has 1 saturated heterocycles. The van der Waals surface area contributed by atoms with Crippen molar-refractivity contribution in [2.75, 3.05) is 11.5 Å². The Balaban J connectivity index is 1.85. The molecule has 194 valence electrons. The molecule has 3 aromatic rings. The number of ketones is 1. The van der Waals surface area contributed by atoms with Gasteiger partial charge >= 0.3 is 0 Å². The molecule has 0 aromatic heterocycles. The van der Waals surface area contributed by atoms with Gasteiger partial charge in [0.05, 0.1) is 36.0 Å². The maximum absolute atomic E-state index is 13.4. The quantitative estimate of drug-likeness (QED) is 0.224. The van der Waals surface area contributed by atoms with E-state index in [0.29, 0.717) is 40.5 Å². The number of hydrogen-bond acceptors (Lipinski definition) is 6. The van der Waals surface area contributed by atoms with E-state index in [1.54, 1.807) is 66.7 Å². The van der Waals surface area contributed by atoms with Crippen LogP contribution >= 0.6 is 0 Å². The summed E-state index contributed by atoms with van der Waals surface area (Å²) in [5.41, 5.74) is 2.70. The van der Waals surface area contributed by atoms with Crippen LogP contribution in [0.15, 0.2) is 72.3 Å². The van der Waals surface area contributed by atoms with Crippen LogP contribution in [0.4, 0.5) is 5.69 Å². The first-order chi connectivity index (χ1) is 18.2. The fourth-order valence-corrected chi connectivity index (χ4v) is 4.44. The minimum absolute atomic E-state index is 0.0153. The number of ether oxygens (including phenoxy) is 2. The molecule has 0 bridgehead atoms. The molecule has 0 aliphatic carbocycles. The zero-order chi connectivity index (χ0) is 27.4. The average Bonchev–Trinajstić information content (AvgIpc) is 3.17. The first kappa shape index (κ1) is 26.5. The number of anilines is 1. The van der Waals surface area contributed by atoms with Gasteiger partial charge in [-0.3, -0.25) is 14.5 Å². The van der Waals surface area contributed by atoms with E-state index in [1.807, 2.05) is 27.7 Å². The lowest BCUT2D eigenvalue weighted by Gasteiger charge is -2.26. The molecule has 1 aliphatic rings. The molecule has 38 heavy (non-hydrogen) atoms. The molecule has 0 spiro atoms. The standard InChI is InChI=1S/C31H30N2O5/c1-5-16-37-26-15-10-23(17-20(26)4)29(34)27-28(22-8-13-25(14-9-22)38-19(2)3)33(31(36)30(27)35)24-11-6-21(18-32)7-12-24/h6-15,17,19,28,34H,5,16H2,1-4H3/b29-27-. The van der Waals surface area contributed by atoms with Crippen LogP contribution in [0.2, 0.25) is 0 Å². The maximum Gasteiger partial charge on any atom is 0.300 e. The number of Topliss-reactive ketones (excluding diaryl/α,β-unsaturated/α-hetero) is 1. The Kier molecular flexibility index (Phi) is 7.82. The van der Waals surface area contributed by atoms with Crippen molar-refractivity contribution in [3.8, 4) is 17.6 Å². The van der Waals surface area contributed by atoms with Gasteiger partial charge in [-0.05, 0) is 92.9 Å². The number of amides is 1. The second-order valence-corrected chi connectivity index (χ2v) is 9.39. The predicted molar refractivity (Wildman–Crippen MR) is 145 cm³/mol. The molecule has 3 aromatic carbocycles. The maximum atomic E-state index is 13.4. The highest BCUT2D eigenvalue weighted by Crippen LogP contribution is 2.43. The van der Waals surface area contributed by atoms with Crippen molar-refractivity contribution in [2.24, 2.45) is 0 Å². The Morgan fingerprint density at radius 1 is 1.05 bits per heavy atom. The molecule has 1 fully saturated rings. The summed E-state index contributed by atoms with van der Waals surface area (Å²) in [5, 5.41) is 20.6. The number of aliphatic hydroxyl groups is 1. The Bertz CT molecular complexity index is 1420. The number of benzene rings is 3. The average molecular weight is 511 g/mol. The summed E-state index contributed by atoms with van der Waals surface area (Å²) in [4.78, 5) is 28.1. The SMILES string of the molecule is CCCOc1ccc(/C(O)=C2/C(=O)C(=O)N(c3ccc(C#N)cc3)C2c2ccc(OC(C)C)cc2)cc1C. The lowest BCUT2D eigenvalue weighted by Crippen LogP contribution is -2.29. The molecule has 0 saturated carbocycles. The van der Waals surface area contributed by atoms with Crippen molar-refractivity contribution >= 4 is 23.1 Å². The van der Waals surface area contributed by atoms with Crippen LogP contribution in [0.1, 0.15) is 55.5 Å². The minimum atomic E-state index is -0.882. The second kappa shape index (κ2) is 11.2. The Morgan fingerprint density at radius 3 is 2.32 bits per heavy atom. The molecule has 1 N–H and O–H groups in total. The van der Waals surface area contributed by atoms with E-state index in [1.165, 1.54) is 4.90 Å². The molecular weight excluding hydrogens is 480 g/mol. The van der Waals surface area contributed by atoms with Crippen molar-refractivity contribution in [1.82, 2.24) is 0 Å². The third kappa shape index (κ3) is 5.25. The second-order valence-electron chi connectivity index (χ2n) is 9.39. The highest BCUT2D eigenvalue weighted by Gasteiger charge is 2.47. The van der Waals surface area contributed by atoms with E-state index in [-0.39, 0.29) is 17.4 Å². The number of carbonyl (C=O) groups is 2. The molecule has 7 nitrogen and oxygen atoms in total. The monoisotopic (exact) mass is 510 g/mol. The van der Waals surface area contributed by atoms with E-state index < -0.39 is 17.7 Å². The normalized spacial score (nSPS) is 16.5. The Labute approximate surface area is 222 Å². The van der Waals surface area contributed by atoms with E-state index in [0.717, 1.165) is 12.0 Å². The predicted octanol–water partition coefficient (Wildman–Crippen LogP) is 6.07. The van der Waals surface area contributed by atoms with E-state index in [9.17, 15) is 20.0 Å². The van der Waals surface area contributed by atoms with Gasteiger partial charge in [-0.25, -0.2) is 0 Å². The Hall–Kier alpha value is -4.57. The fraction of sp³-hybridized carbons (Fsp3) is 0.258. The number of aliphatic hydroxyl groups excluding tert-OH is 1. The number of hydrogen-bond donors (Lipinski definition) is 1. The van der Waals surface area contributed by atoms with Crippen molar-refractivity contribution < 1.29 is 24.2 Å². The number of carbonyl (C=O) groups excluding carboxylic acids is 2. The van der Waals surface area contributed by atoms with Crippen LogP contribution in [0.5, 0.6) is 11.5 Å². The van der Waals surface area contributed by atoms with Gasteiger partial charge in [-0.1, -0.05) is 19.1 Å². The minimum Gasteiger partial charge on any atom is -0.507 e. The van der Waals surface area contributed by atoms with Gasteiger partial charge in [0.1, 0.15) is 17.3 Å². The van der Waals surface area contributed by atoms with Gasteiger partial charge in [0.2, 0.25) is 0 Å². The van der Waals surface area contributed by atoms with Gasteiger partial charge in [0, 0.05) is 11.3 Å². The molecule has 1 aliphatic heterocycles. The van der Waals surface area contributed by atoms with Crippen LogP contribution in [0.3, 0.4) is 0 Å². The Morgan fingerprint density at radius 2 is 1.74 bits per heavy atom. The van der Waals surface area contributed by atoms with Crippen molar-refractivity contribution in [1.29, 1.82) is 5.26 Å². The zero-order valence-electron chi connectivity index (χ0n) is 21.9. The van der Waals surface area contributed by atoms with Crippen LogP contribution < -0.4 is 14.4 Å². The van der Waals surface area contributed by atoms with Crippen LogP contribution in [-0.4, -0.2) is 29.5 Å². The van der Waals surface area contributed by atoms with E-state index in [4.69, 9.17) is 9.47 Å². The summed E-state index contributed by atoms with van der Waals surface area (Å²) < 4.78 is 11.5. The molecule has 1 unspecified atom stereocenters. The highest BCUT2D eigenvalue weighted by molar-refractivity contribution is 6.51. The number of nitrogens with zero attached hydrogens (tertiary/aromatic N) is 2. The van der Waals surface area contributed by atoms with Gasteiger partial charge in [-0.15, -0.1) is 0 Å². The number of aryl methyl sites for hydroxylation is 1. The molecule has 1 atom stereocenters. The summed E-state index contributed by atoms with van der Waals surface area (Å²) in [5.74, 6) is -0.472. The molecule has 0 radical (unpaired) electrons. The van der Waals surface area contributed by atoms with Crippen molar-refractivity contribution in [2.45, 2.75) is 46.3 Å². The van der Waals surface area contributed by atoms with E-state index >= 15 is 0 Å². The third-order valence-electron chi connectivity index (χ3n) is 6.20. The molecule has 4 rings (SSSR count). The largest absolute Gasteiger partial charge is 0.507 e. The van der Waals surface area contributed by atoms with Crippen LogP contribution in [0, 0.1) is 18.3 Å². The van der Waals surface area contributed by atoms with Crippen LogP contribution in [0.25, 0.3) is 5.76 Å². The smallest absolute Gasteiger partial charge is 0.300 e.